The van der Waals surface area contributed by atoms with Gasteiger partial charge in [0.05, 0.1) is 18.6 Å². The molecule has 0 aliphatic rings. The normalized spacial score (nSPS) is 15.9. The standard InChI is InChI=1S/C9H14O3/c1-3-8(11-2)9(10)7-4-5-12-6-7/h4-6,8-10H,3H2,1-2H3. The maximum absolute atomic E-state index is 9.68. The van der Waals surface area contributed by atoms with Crippen molar-refractivity contribution in [2.45, 2.75) is 25.6 Å². The first-order valence-corrected chi connectivity index (χ1v) is 4.02. The van der Waals surface area contributed by atoms with E-state index in [2.05, 4.69) is 0 Å². The maximum atomic E-state index is 9.68. The molecule has 12 heavy (non-hydrogen) atoms. The summed E-state index contributed by atoms with van der Waals surface area (Å²) >= 11 is 0. The molecule has 0 radical (unpaired) electrons. The van der Waals surface area contributed by atoms with E-state index in [-0.39, 0.29) is 6.10 Å². The zero-order valence-electron chi connectivity index (χ0n) is 7.36. The summed E-state index contributed by atoms with van der Waals surface area (Å²) in [5.41, 5.74) is 0.767. The topological polar surface area (TPSA) is 42.6 Å². The highest BCUT2D eigenvalue weighted by molar-refractivity contribution is 5.10. The molecule has 0 aromatic carbocycles. The van der Waals surface area contributed by atoms with E-state index < -0.39 is 6.10 Å². The van der Waals surface area contributed by atoms with Gasteiger partial charge in [-0.15, -0.1) is 0 Å². The van der Waals surface area contributed by atoms with E-state index in [0.717, 1.165) is 12.0 Å². The Balaban J connectivity index is 2.63. The number of hydrogen-bond donors (Lipinski definition) is 1. The Labute approximate surface area is 72.0 Å². The Morgan fingerprint density at radius 3 is 2.83 bits per heavy atom. The van der Waals surface area contributed by atoms with Crippen molar-refractivity contribution in [3.63, 3.8) is 0 Å². The minimum atomic E-state index is -0.584. The average Bonchev–Trinajstić information content (AvgIpc) is 2.58. The molecule has 1 aromatic rings. The molecular formula is C9H14O3. The molecule has 0 spiro atoms. The monoisotopic (exact) mass is 170 g/mol. The maximum Gasteiger partial charge on any atom is 0.108 e. The minimum absolute atomic E-state index is 0.150. The number of hydrogen-bond acceptors (Lipinski definition) is 3. The summed E-state index contributed by atoms with van der Waals surface area (Å²) in [5.74, 6) is 0. The van der Waals surface area contributed by atoms with Gasteiger partial charge in [-0.25, -0.2) is 0 Å². The van der Waals surface area contributed by atoms with Gasteiger partial charge in [0.2, 0.25) is 0 Å². The fraction of sp³-hybridized carbons (Fsp3) is 0.556. The summed E-state index contributed by atoms with van der Waals surface area (Å²) in [7, 11) is 1.59. The van der Waals surface area contributed by atoms with Gasteiger partial charge in [0, 0.05) is 12.7 Å². The summed E-state index contributed by atoms with van der Waals surface area (Å²) in [4.78, 5) is 0. The number of aliphatic hydroxyl groups excluding tert-OH is 1. The third-order valence-corrected chi connectivity index (χ3v) is 1.94. The lowest BCUT2D eigenvalue weighted by Crippen LogP contribution is -2.19. The van der Waals surface area contributed by atoms with Crippen molar-refractivity contribution in [2.75, 3.05) is 7.11 Å². The van der Waals surface area contributed by atoms with Crippen molar-refractivity contribution in [1.82, 2.24) is 0 Å². The van der Waals surface area contributed by atoms with E-state index in [1.54, 1.807) is 19.4 Å². The fourth-order valence-corrected chi connectivity index (χ4v) is 1.18. The number of furan rings is 1. The first kappa shape index (κ1) is 9.29. The number of aliphatic hydroxyl groups is 1. The van der Waals surface area contributed by atoms with Crippen molar-refractivity contribution >= 4 is 0 Å². The molecule has 0 aliphatic heterocycles. The summed E-state index contributed by atoms with van der Waals surface area (Å²) in [6.45, 7) is 1.97. The Morgan fingerprint density at radius 2 is 2.42 bits per heavy atom. The van der Waals surface area contributed by atoms with Crippen LogP contribution in [-0.4, -0.2) is 18.3 Å². The summed E-state index contributed by atoms with van der Waals surface area (Å²) in [5, 5.41) is 9.68. The van der Waals surface area contributed by atoms with Crippen LogP contribution < -0.4 is 0 Å². The van der Waals surface area contributed by atoms with Crippen LogP contribution in [-0.2, 0) is 4.74 Å². The number of rotatable bonds is 4. The van der Waals surface area contributed by atoms with E-state index in [4.69, 9.17) is 9.15 Å². The fourth-order valence-electron chi connectivity index (χ4n) is 1.18. The van der Waals surface area contributed by atoms with Crippen LogP contribution in [0.5, 0.6) is 0 Å². The van der Waals surface area contributed by atoms with Gasteiger partial charge in [-0.1, -0.05) is 6.92 Å². The van der Waals surface area contributed by atoms with E-state index >= 15 is 0 Å². The van der Waals surface area contributed by atoms with E-state index in [0.29, 0.717) is 0 Å². The van der Waals surface area contributed by atoms with Crippen LogP contribution in [0.15, 0.2) is 23.0 Å². The highest BCUT2D eigenvalue weighted by Gasteiger charge is 2.19. The molecule has 0 fully saturated rings. The molecule has 1 rings (SSSR count). The first-order valence-electron chi connectivity index (χ1n) is 4.02. The van der Waals surface area contributed by atoms with Gasteiger partial charge in [-0.3, -0.25) is 0 Å². The van der Waals surface area contributed by atoms with Crippen LogP contribution in [0, 0.1) is 0 Å². The molecule has 0 saturated heterocycles. The molecule has 2 unspecified atom stereocenters. The molecule has 0 aliphatic carbocycles. The van der Waals surface area contributed by atoms with Crippen molar-refractivity contribution < 1.29 is 14.3 Å². The lowest BCUT2D eigenvalue weighted by molar-refractivity contribution is -0.0151. The zero-order chi connectivity index (χ0) is 8.97. The SMILES string of the molecule is CCC(OC)C(O)c1ccoc1. The summed E-state index contributed by atoms with van der Waals surface area (Å²) < 4.78 is 9.95. The van der Waals surface area contributed by atoms with E-state index in [1.807, 2.05) is 6.92 Å². The van der Waals surface area contributed by atoms with Crippen LogP contribution >= 0.6 is 0 Å². The summed E-state index contributed by atoms with van der Waals surface area (Å²) in [6.07, 6.45) is 3.12. The predicted molar refractivity (Wildman–Crippen MR) is 44.8 cm³/mol. The summed E-state index contributed by atoms with van der Waals surface area (Å²) in [6, 6.07) is 1.74. The van der Waals surface area contributed by atoms with Crippen LogP contribution in [0.25, 0.3) is 0 Å². The molecular weight excluding hydrogens is 156 g/mol. The molecule has 1 heterocycles. The Morgan fingerprint density at radius 1 is 1.67 bits per heavy atom. The molecule has 68 valence electrons. The first-order chi connectivity index (χ1) is 5.79. The molecule has 0 bridgehead atoms. The second-order valence-corrected chi connectivity index (χ2v) is 2.68. The highest BCUT2D eigenvalue weighted by Crippen LogP contribution is 2.20. The van der Waals surface area contributed by atoms with Crippen molar-refractivity contribution in [3.05, 3.63) is 24.2 Å². The average molecular weight is 170 g/mol. The van der Waals surface area contributed by atoms with Gasteiger partial charge in [-0.05, 0) is 12.5 Å². The lowest BCUT2D eigenvalue weighted by Gasteiger charge is -2.18. The van der Waals surface area contributed by atoms with Gasteiger partial charge < -0.3 is 14.3 Å². The molecule has 1 N–H and O–H groups in total. The lowest BCUT2D eigenvalue weighted by atomic mass is 10.1. The Kier molecular flexibility index (Phi) is 3.31. The Bertz CT molecular complexity index is 202. The molecule has 0 amide bonds. The van der Waals surface area contributed by atoms with Crippen LogP contribution in [0.4, 0.5) is 0 Å². The Hall–Kier alpha value is -0.800. The smallest absolute Gasteiger partial charge is 0.108 e. The second kappa shape index (κ2) is 4.28. The van der Waals surface area contributed by atoms with Gasteiger partial charge in [0.1, 0.15) is 6.10 Å². The van der Waals surface area contributed by atoms with Crippen molar-refractivity contribution in [1.29, 1.82) is 0 Å². The minimum Gasteiger partial charge on any atom is -0.472 e. The third-order valence-electron chi connectivity index (χ3n) is 1.94. The quantitative estimate of drug-likeness (QED) is 0.748. The van der Waals surface area contributed by atoms with Crippen LogP contribution in [0.3, 0.4) is 0 Å². The predicted octanol–water partition coefficient (Wildman–Crippen LogP) is 1.74. The molecule has 3 heteroatoms. The second-order valence-electron chi connectivity index (χ2n) is 2.68. The van der Waals surface area contributed by atoms with Crippen molar-refractivity contribution in [2.24, 2.45) is 0 Å². The molecule has 3 nitrogen and oxygen atoms in total. The van der Waals surface area contributed by atoms with Gasteiger partial charge in [0.15, 0.2) is 0 Å². The molecule has 1 aromatic heterocycles. The number of methoxy groups -OCH3 is 1. The van der Waals surface area contributed by atoms with Crippen LogP contribution in [0.1, 0.15) is 25.0 Å². The van der Waals surface area contributed by atoms with Gasteiger partial charge in [0.25, 0.3) is 0 Å². The van der Waals surface area contributed by atoms with E-state index in [1.165, 1.54) is 6.26 Å². The van der Waals surface area contributed by atoms with E-state index in [9.17, 15) is 5.11 Å². The largest absolute Gasteiger partial charge is 0.472 e. The number of ether oxygens (including phenoxy) is 1. The molecule has 2 atom stereocenters. The third kappa shape index (κ3) is 1.87. The molecule has 0 saturated carbocycles. The van der Waals surface area contributed by atoms with Gasteiger partial charge in [-0.2, -0.15) is 0 Å². The highest BCUT2D eigenvalue weighted by atomic mass is 16.5. The van der Waals surface area contributed by atoms with Crippen LogP contribution in [0.2, 0.25) is 0 Å². The van der Waals surface area contributed by atoms with Gasteiger partial charge >= 0.3 is 0 Å². The zero-order valence-corrected chi connectivity index (χ0v) is 7.36. The van der Waals surface area contributed by atoms with Crippen molar-refractivity contribution in [3.8, 4) is 0 Å².